The van der Waals surface area contributed by atoms with Crippen LogP contribution in [0.3, 0.4) is 0 Å². The number of rotatable bonds is 5. The van der Waals surface area contributed by atoms with Gasteiger partial charge in [0.25, 0.3) is 0 Å². The van der Waals surface area contributed by atoms with E-state index in [9.17, 15) is 5.11 Å². The van der Waals surface area contributed by atoms with Crippen molar-refractivity contribution in [3.8, 4) is 11.5 Å². The SMILES string of the molecule is CCCCC1C=CC(O)=CC1.CCc1ccc(O)cc1.CCc1ccc2cc(O)ccc2c1. The Morgan fingerprint density at radius 1 is 0.727 bits per heavy atom. The van der Waals surface area contributed by atoms with Crippen LogP contribution in [0.2, 0.25) is 0 Å². The minimum absolute atomic E-state index is 0.330. The van der Waals surface area contributed by atoms with Crippen molar-refractivity contribution in [2.24, 2.45) is 5.92 Å². The van der Waals surface area contributed by atoms with Crippen LogP contribution in [0.4, 0.5) is 0 Å². The molecule has 0 amide bonds. The largest absolute Gasteiger partial charge is 0.508 e. The van der Waals surface area contributed by atoms with Crippen LogP contribution >= 0.6 is 0 Å². The van der Waals surface area contributed by atoms with Gasteiger partial charge < -0.3 is 15.3 Å². The third-order valence-electron chi connectivity index (χ3n) is 5.74. The normalized spacial score (nSPS) is 14.5. The molecular formula is C30H38O3. The van der Waals surface area contributed by atoms with Crippen LogP contribution in [0.15, 0.2) is 84.7 Å². The first-order valence-corrected chi connectivity index (χ1v) is 12.0. The number of aromatic hydroxyl groups is 2. The lowest BCUT2D eigenvalue weighted by Gasteiger charge is -2.12. The molecule has 0 bridgehead atoms. The van der Waals surface area contributed by atoms with Gasteiger partial charge in [0.05, 0.1) is 0 Å². The number of allylic oxidation sites excluding steroid dienone is 3. The van der Waals surface area contributed by atoms with Gasteiger partial charge in [-0.05, 0) is 89.9 Å². The zero-order valence-corrected chi connectivity index (χ0v) is 20.2. The predicted octanol–water partition coefficient (Wildman–Crippen LogP) is 8.26. The van der Waals surface area contributed by atoms with Gasteiger partial charge in [0.2, 0.25) is 0 Å². The van der Waals surface area contributed by atoms with Gasteiger partial charge in [0.1, 0.15) is 17.3 Å². The van der Waals surface area contributed by atoms with Gasteiger partial charge in [-0.2, -0.15) is 0 Å². The highest BCUT2D eigenvalue weighted by molar-refractivity contribution is 5.84. The molecule has 1 aliphatic rings. The standard InChI is InChI=1S/C12H12O.C10H16O.C8H10O/c1-2-9-3-4-11-8-12(13)6-5-10(11)7-9;1-2-3-4-9-5-7-10(11)8-6-9;1-2-7-3-5-8(9)6-4-7/h3-8,13H,2H2,1H3;5,7-9,11H,2-4,6H2,1H3;3-6,9H,2H2,1H3. The first-order valence-electron chi connectivity index (χ1n) is 12.0. The van der Waals surface area contributed by atoms with E-state index < -0.39 is 0 Å². The fraction of sp³-hybridized carbons (Fsp3) is 0.333. The lowest BCUT2D eigenvalue weighted by atomic mass is 9.95. The first-order chi connectivity index (χ1) is 15.9. The molecule has 0 aromatic heterocycles. The number of fused-ring (bicyclic) bond motifs is 1. The summed E-state index contributed by atoms with van der Waals surface area (Å²) in [6, 6.07) is 19.0. The summed E-state index contributed by atoms with van der Waals surface area (Å²) >= 11 is 0. The maximum atomic E-state index is 9.26. The third kappa shape index (κ3) is 9.44. The van der Waals surface area contributed by atoms with Crippen molar-refractivity contribution >= 4 is 10.8 Å². The maximum absolute atomic E-state index is 9.26. The Bertz CT molecular complexity index is 1030. The van der Waals surface area contributed by atoms with Crippen molar-refractivity contribution < 1.29 is 15.3 Å². The number of aliphatic hydroxyl groups excluding tert-OH is 1. The lowest BCUT2D eigenvalue weighted by molar-refractivity contribution is 0.417. The molecule has 1 aliphatic carbocycles. The van der Waals surface area contributed by atoms with Crippen LogP contribution in [0.1, 0.15) is 57.6 Å². The first kappa shape index (κ1) is 26.1. The second-order valence-electron chi connectivity index (χ2n) is 8.37. The number of benzene rings is 3. The van der Waals surface area contributed by atoms with Crippen molar-refractivity contribution in [1.82, 2.24) is 0 Å². The van der Waals surface area contributed by atoms with Gasteiger partial charge in [-0.15, -0.1) is 0 Å². The number of aliphatic hydroxyl groups is 1. The van der Waals surface area contributed by atoms with E-state index in [0.29, 0.717) is 23.2 Å². The number of hydrogen-bond donors (Lipinski definition) is 3. The van der Waals surface area contributed by atoms with E-state index in [1.165, 1.54) is 35.8 Å². The molecule has 33 heavy (non-hydrogen) atoms. The van der Waals surface area contributed by atoms with Gasteiger partial charge in [-0.1, -0.05) is 76.1 Å². The summed E-state index contributed by atoms with van der Waals surface area (Å²) in [6.07, 6.45) is 12.7. The Morgan fingerprint density at radius 3 is 1.94 bits per heavy atom. The van der Waals surface area contributed by atoms with Crippen molar-refractivity contribution in [2.45, 2.75) is 59.3 Å². The van der Waals surface area contributed by atoms with Crippen molar-refractivity contribution in [1.29, 1.82) is 0 Å². The monoisotopic (exact) mass is 446 g/mol. The molecule has 0 aliphatic heterocycles. The highest BCUT2D eigenvalue weighted by Gasteiger charge is 2.06. The van der Waals surface area contributed by atoms with E-state index in [2.05, 4.69) is 39.0 Å². The van der Waals surface area contributed by atoms with E-state index in [1.807, 2.05) is 36.4 Å². The van der Waals surface area contributed by atoms with Crippen LogP contribution in [-0.4, -0.2) is 15.3 Å². The Hall–Kier alpha value is -3.20. The molecule has 3 aromatic rings. The molecule has 0 radical (unpaired) electrons. The number of hydrogen-bond acceptors (Lipinski definition) is 3. The Balaban J connectivity index is 0.000000178. The number of phenols is 2. The smallest absolute Gasteiger partial charge is 0.116 e. The minimum atomic E-state index is 0.330. The summed E-state index contributed by atoms with van der Waals surface area (Å²) in [7, 11) is 0. The Morgan fingerprint density at radius 2 is 1.33 bits per heavy atom. The quantitative estimate of drug-likeness (QED) is 0.370. The average molecular weight is 447 g/mol. The number of phenolic OH excluding ortho intramolecular Hbond substituents is 2. The molecule has 1 atom stereocenters. The van der Waals surface area contributed by atoms with Crippen molar-refractivity contribution in [3.63, 3.8) is 0 Å². The fourth-order valence-corrected chi connectivity index (χ4v) is 3.57. The molecule has 3 aromatic carbocycles. The number of unbranched alkanes of at least 4 members (excludes halogenated alkanes) is 1. The zero-order valence-electron chi connectivity index (χ0n) is 20.2. The molecule has 3 heteroatoms. The molecule has 3 nitrogen and oxygen atoms in total. The zero-order chi connectivity index (χ0) is 24.1. The summed E-state index contributed by atoms with van der Waals surface area (Å²) in [5.74, 6) is 1.77. The Labute approximate surface area is 198 Å². The second-order valence-corrected chi connectivity index (χ2v) is 8.37. The predicted molar refractivity (Wildman–Crippen MR) is 140 cm³/mol. The van der Waals surface area contributed by atoms with Gasteiger partial charge in [-0.3, -0.25) is 0 Å². The van der Waals surface area contributed by atoms with E-state index in [4.69, 9.17) is 10.2 Å². The topological polar surface area (TPSA) is 60.7 Å². The minimum Gasteiger partial charge on any atom is -0.508 e. The fourth-order valence-electron chi connectivity index (χ4n) is 3.57. The van der Waals surface area contributed by atoms with Crippen LogP contribution in [0.5, 0.6) is 11.5 Å². The molecule has 176 valence electrons. The van der Waals surface area contributed by atoms with E-state index in [1.54, 1.807) is 24.3 Å². The van der Waals surface area contributed by atoms with E-state index >= 15 is 0 Å². The highest BCUT2D eigenvalue weighted by atomic mass is 16.3. The summed E-state index contributed by atoms with van der Waals surface area (Å²) in [4.78, 5) is 0. The van der Waals surface area contributed by atoms with Gasteiger partial charge in [0.15, 0.2) is 0 Å². The second kappa shape index (κ2) is 14.1. The molecule has 1 unspecified atom stereocenters. The van der Waals surface area contributed by atoms with Crippen LogP contribution in [0, 0.1) is 5.92 Å². The molecule has 4 rings (SSSR count). The lowest BCUT2D eigenvalue weighted by Crippen LogP contribution is -1.99. The molecule has 0 saturated carbocycles. The molecule has 0 fully saturated rings. The Kier molecular flexibility index (Phi) is 11.1. The van der Waals surface area contributed by atoms with Gasteiger partial charge >= 0.3 is 0 Å². The van der Waals surface area contributed by atoms with Gasteiger partial charge in [-0.25, -0.2) is 0 Å². The summed E-state index contributed by atoms with van der Waals surface area (Å²) < 4.78 is 0. The molecule has 3 N–H and O–H groups in total. The highest BCUT2D eigenvalue weighted by Crippen LogP contribution is 2.21. The number of aryl methyl sites for hydroxylation is 2. The van der Waals surface area contributed by atoms with Crippen molar-refractivity contribution in [3.05, 3.63) is 95.8 Å². The average Bonchev–Trinajstić information content (AvgIpc) is 2.84. The van der Waals surface area contributed by atoms with Gasteiger partial charge in [0, 0.05) is 0 Å². The molecule has 0 saturated heterocycles. The maximum Gasteiger partial charge on any atom is 0.116 e. The van der Waals surface area contributed by atoms with E-state index in [-0.39, 0.29) is 0 Å². The summed E-state index contributed by atoms with van der Waals surface area (Å²) in [6.45, 7) is 6.44. The van der Waals surface area contributed by atoms with Crippen LogP contribution < -0.4 is 0 Å². The summed E-state index contributed by atoms with van der Waals surface area (Å²) in [5, 5.41) is 29.4. The van der Waals surface area contributed by atoms with Crippen LogP contribution in [-0.2, 0) is 12.8 Å². The van der Waals surface area contributed by atoms with E-state index in [0.717, 1.165) is 24.6 Å². The van der Waals surface area contributed by atoms with Crippen LogP contribution in [0.25, 0.3) is 10.8 Å². The van der Waals surface area contributed by atoms with Crippen molar-refractivity contribution in [2.75, 3.05) is 0 Å². The molecule has 0 spiro atoms. The third-order valence-corrected chi connectivity index (χ3v) is 5.74. The summed E-state index contributed by atoms with van der Waals surface area (Å²) in [5.41, 5.74) is 2.59. The molecule has 0 heterocycles. The molecular weight excluding hydrogens is 408 g/mol.